The van der Waals surface area contributed by atoms with E-state index in [1.165, 1.54) is 0 Å². The van der Waals surface area contributed by atoms with Crippen molar-refractivity contribution in [2.75, 3.05) is 7.11 Å². The molecule has 3 aromatic carbocycles. The second kappa shape index (κ2) is 9.93. The average molecular weight is 469 g/mol. The molecule has 6 nitrogen and oxygen atoms in total. The van der Waals surface area contributed by atoms with Gasteiger partial charge >= 0.3 is 0 Å². The maximum atomic E-state index is 12.6. The second-order valence-electron chi connectivity index (χ2n) is 6.49. The van der Waals surface area contributed by atoms with Gasteiger partial charge in [-0.1, -0.05) is 40.2 Å². The Kier molecular flexibility index (Phi) is 7.08. The van der Waals surface area contributed by atoms with Crippen molar-refractivity contribution in [2.45, 2.75) is 13.2 Å². The third-order valence-corrected chi connectivity index (χ3v) is 4.91. The summed E-state index contributed by atoms with van der Waals surface area (Å²) in [6.07, 6.45) is 0. The number of hydrogen-bond donors (Lipinski definition) is 2. The first-order valence-corrected chi connectivity index (χ1v) is 9.98. The number of amides is 2. The number of ether oxygens (including phenoxy) is 2. The molecule has 0 saturated heterocycles. The molecule has 0 aliphatic rings. The lowest BCUT2D eigenvalue weighted by atomic mass is 10.1. The van der Waals surface area contributed by atoms with Gasteiger partial charge in [0, 0.05) is 22.1 Å². The van der Waals surface area contributed by atoms with E-state index >= 15 is 0 Å². The molecular formula is C23H21BrN2O4. The van der Waals surface area contributed by atoms with Crippen LogP contribution in [0.2, 0.25) is 0 Å². The lowest BCUT2D eigenvalue weighted by Crippen LogP contribution is -2.23. The molecule has 7 heteroatoms. The summed E-state index contributed by atoms with van der Waals surface area (Å²) in [5.74, 6) is 0.341. The number of carbonyl (C=O) groups is 2. The van der Waals surface area contributed by atoms with Crippen LogP contribution in [-0.2, 0) is 13.2 Å². The van der Waals surface area contributed by atoms with E-state index in [4.69, 9.17) is 15.2 Å². The summed E-state index contributed by atoms with van der Waals surface area (Å²) < 4.78 is 12.0. The first-order valence-electron chi connectivity index (χ1n) is 9.19. The molecule has 3 rings (SSSR count). The monoisotopic (exact) mass is 468 g/mol. The first kappa shape index (κ1) is 21.4. The third-order valence-electron chi connectivity index (χ3n) is 4.42. The topological polar surface area (TPSA) is 90.7 Å². The Labute approximate surface area is 183 Å². The molecular weight excluding hydrogens is 448 g/mol. The van der Waals surface area contributed by atoms with Gasteiger partial charge in [-0.15, -0.1) is 0 Å². The van der Waals surface area contributed by atoms with E-state index in [2.05, 4.69) is 21.2 Å². The van der Waals surface area contributed by atoms with Crippen molar-refractivity contribution < 1.29 is 19.1 Å². The molecule has 0 unspecified atom stereocenters. The van der Waals surface area contributed by atoms with Gasteiger partial charge in [0.15, 0.2) is 0 Å². The molecule has 0 spiro atoms. The number of methoxy groups -OCH3 is 1. The molecule has 0 radical (unpaired) electrons. The van der Waals surface area contributed by atoms with Crippen LogP contribution in [0.25, 0.3) is 0 Å². The van der Waals surface area contributed by atoms with E-state index in [1.54, 1.807) is 49.6 Å². The summed E-state index contributed by atoms with van der Waals surface area (Å²) in [5.41, 5.74) is 7.85. The first-order chi connectivity index (χ1) is 14.5. The number of para-hydroxylation sites is 1. The summed E-state index contributed by atoms with van der Waals surface area (Å²) in [4.78, 5) is 24.1. The third kappa shape index (κ3) is 5.39. The quantitative estimate of drug-likeness (QED) is 0.521. The van der Waals surface area contributed by atoms with Crippen LogP contribution >= 0.6 is 15.9 Å². The summed E-state index contributed by atoms with van der Waals surface area (Å²) >= 11 is 3.43. The minimum absolute atomic E-state index is 0.199. The minimum Gasteiger partial charge on any atom is -0.496 e. The Hall–Kier alpha value is -3.32. The van der Waals surface area contributed by atoms with E-state index < -0.39 is 5.91 Å². The van der Waals surface area contributed by atoms with Gasteiger partial charge < -0.3 is 20.5 Å². The number of hydrogen-bond acceptors (Lipinski definition) is 4. The predicted octanol–water partition coefficient (Wildman–Crippen LogP) is 4.07. The maximum Gasteiger partial charge on any atom is 0.252 e. The predicted molar refractivity (Wildman–Crippen MR) is 118 cm³/mol. The second-order valence-corrected chi connectivity index (χ2v) is 7.40. The van der Waals surface area contributed by atoms with Gasteiger partial charge in [0.1, 0.15) is 18.1 Å². The van der Waals surface area contributed by atoms with Crippen molar-refractivity contribution in [3.8, 4) is 11.5 Å². The number of halogens is 1. The summed E-state index contributed by atoms with van der Waals surface area (Å²) in [7, 11) is 1.59. The van der Waals surface area contributed by atoms with Gasteiger partial charge in [-0.25, -0.2) is 0 Å². The normalized spacial score (nSPS) is 10.3. The zero-order valence-corrected chi connectivity index (χ0v) is 17.9. The van der Waals surface area contributed by atoms with Gasteiger partial charge in [0.05, 0.1) is 12.7 Å². The number of nitrogens with two attached hydrogens (primary N) is 1. The van der Waals surface area contributed by atoms with Gasteiger partial charge in [0.25, 0.3) is 11.8 Å². The highest BCUT2D eigenvalue weighted by molar-refractivity contribution is 9.10. The smallest absolute Gasteiger partial charge is 0.252 e. The molecule has 0 bridgehead atoms. The molecule has 0 aliphatic carbocycles. The Morgan fingerprint density at radius 2 is 1.80 bits per heavy atom. The lowest BCUT2D eigenvalue weighted by Gasteiger charge is -2.12. The van der Waals surface area contributed by atoms with Gasteiger partial charge in [-0.3, -0.25) is 9.59 Å². The highest BCUT2D eigenvalue weighted by atomic mass is 79.9. The van der Waals surface area contributed by atoms with Gasteiger partial charge in [-0.05, 0) is 48.0 Å². The van der Waals surface area contributed by atoms with E-state index in [9.17, 15) is 9.59 Å². The maximum absolute atomic E-state index is 12.6. The van der Waals surface area contributed by atoms with Crippen molar-refractivity contribution in [1.29, 1.82) is 0 Å². The number of nitrogens with one attached hydrogen (secondary N) is 1. The van der Waals surface area contributed by atoms with Gasteiger partial charge in [0.2, 0.25) is 0 Å². The zero-order chi connectivity index (χ0) is 21.5. The molecule has 154 valence electrons. The average Bonchev–Trinajstić information content (AvgIpc) is 2.76. The van der Waals surface area contributed by atoms with Crippen LogP contribution in [-0.4, -0.2) is 18.9 Å². The van der Waals surface area contributed by atoms with Crippen LogP contribution in [0.3, 0.4) is 0 Å². The van der Waals surface area contributed by atoms with E-state index in [1.807, 2.05) is 24.3 Å². The zero-order valence-electron chi connectivity index (χ0n) is 16.4. The number of rotatable bonds is 8. The number of benzene rings is 3. The Morgan fingerprint density at radius 3 is 2.57 bits per heavy atom. The van der Waals surface area contributed by atoms with Crippen LogP contribution in [0, 0.1) is 0 Å². The fourth-order valence-corrected chi connectivity index (χ4v) is 3.33. The van der Waals surface area contributed by atoms with E-state index in [0.29, 0.717) is 29.2 Å². The highest BCUT2D eigenvalue weighted by Crippen LogP contribution is 2.23. The lowest BCUT2D eigenvalue weighted by molar-refractivity contribution is 0.0949. The highest BCUT2D eigenvalue weighted by Gasteiger charge is 2.11. The summed E-state index contributed by atoms with van der Waals surface area (Å²) in [5, 5.41) is 2.90. The van der Waals surface area contributed by atoms with Crippen molar-refractivity contribution >= 4 is 27.7 Å². The molecule has 30 heavy (non-hydrogen) atoms. The molecule has 0 fully saturated rings. The molecule has 3 N–H and O–H groups in total. The summed E-state index contributed by atoms with van der Waals surface area (Å²) in [6.45, 7) is 0.527. The van der Waals surface area contributed by atoms with Crippen molar-refractivity contribution in [1.82, 2.24) is 5.32 Å². The molecule has 0 atom stereocenters. The van der Waals surface area contributed by atoms with Crippen LogP contribution in [0.4, 0.5) is 0 Å². The van der Waals surface area contributed by atoms with Crippen LogP contribution < -0.4 is 20.5 Å². The van der Waals surface area contributed by atoms with E-state index in [0.717, 1.165) is 15.6 Å². The standard InChI is InChI=1S/C23H21BrN2O4/c1-29-20-10-9-18(24)12-17(20)13-26-23(28)16-6-4-5-15(11-16)14-30-21-8-3-2-7-19(21)22(25)27/h2-12H,13-14H2,1H3,(H2,25,27)(H,26,28). The SMILES string of the molecule is COc1ccc(Br)cc1CNC(=O)c1cccc(COc2ccccc2C(N)=O)c1. The fraction of sp³-hybridized carbons (Fsp3) is 0.130. The molecule has 2 amide bonds. The molecule has 0 aromatic heterocycles. The van der Waals surface area contributed by atoms with Crippen molar-refractivity contribution in [2.24, 2.45) is 5.73 Å². The molecule has 3 aromatic rings. The molecule has 0 saturated carbocycles. The molecule has 0 aliphatic heterocycles. The van der Waals surface area contributed by atoms with Crippen LogP contribution in [0.15, 0.2) is 71.2 Å². The van der Waals surface area contributed by atoms with Gasteiger partial charge in [-0.2, -0.15) is 0 Å². The van der Waals surface area contributed by atoms with Crippen LogP contribution in [0.5, 0.6) is 11.5 Å². The van der Waals surface area contributed by atoms with Crippen molar-refractivity contribution in [3.63, 3.8) is 0 Å². The van der Waals surface area contributed by atoms with Crippen molar-refractivity contribution in [3.05, 3.63) is 93.5 Å². The summed E-state index contributed by atoms with van der Waals surface area (Å²) in [6, 6.07) is 19.5. The number of carbonyl (C=O) groups excluding carboxylic acids is 2. The van der Waals surface area contributed by atoms with E-state index in [-0.39, 0.29) is 12.5 Å². The Morgan fingerprint density at radius 1 is 1.00 bits per heavy atom. The fourth-order valence-electron chi connectivity index (χ4n) is 2.92. The number of primary amides is 1. The Bertz CT molecular complexity index is 1070. The Balaban J connectivity index is 1.66. The van der Waals surface area contributed by atoms with Crippen LogP contribution in [0.1, 0.15) is 31.8 Å². The largest absolute Gasteiger partial charge is 0.496 e. The molecule has 0 heterocycles. The minimum atomic E-state index is -0.554.